The minimum atomic E-state index is -0.292. The van der Waals surface area contributed by atoms with Crippen molar-refractivity contribution in [1.29, 1.82) is 0 Å². The standard InChI is InChI=1S/C11H5Br2FN2S/c12-6-2-8-9(3-7(6)14)16-11(15-8)5-1-10(13)17-4-5/h1-4H,(H,15,16). The zero-order valence-corrected chi connectivity index (χ0v) is 12.3. The van der Waals surface area contributed by atoms with E-state index in [4.69, 9.17) is 0 Å². The van der Waals surface area contributed by atoms with Crippen LogP contribution >= 0.6 is 43.2 Å². The lowest BCUT2D eigenvalue weighted by atomic mass is 10.3. The Balaban J connectivity index is 2.19. The highest BCUT2D eigenvalue weighted by atomic mass is 79.9. The second-order valence-electron chi connectivity index (χ2n) is 3.51. The highest BCUT2D eigenvalue weighted by molar-refractivity contribution is 9.11. The van der Waals surface area contributed by atoms with E-state index in [0.29, 0.717) is 9.99 Å². The lowest BCUT2D eigenvalue weighted by molar-refractivity contribution is 0.623. The lowest BCUT2D eigenvalue weighted by Crippen LogP contribution is -1.77. The van der Waals surface area contributed by atoms with Crippen molar-refractivity contribution >= 4 is 54.2 Å². The quantitative estimate of drug-likeness (QED) is 0.640. The van der Waals surface area contributed by atoms with Crippen molar-refractivity contribution in [2.75, 3.05) is 0 Å². The van der Waals surface area contributed by atoms with Crippen molar-refractivity contribution in [3.05, 3.63) is 37.7 Å². The Kier molecular flexibility index (Phi) is 2.80. The first kappa shape index (κ1) is 11.4. The van der Waals surface area contributed by atoms with Crippen LogP contribution in [0.5, 0.6) is 0 Å². The maximum atomic E-state index is 13.4. The summed E-state index contributed by atoms with van der Waals surface area (Å²) in [6.07, 6.45) is 0. The molecule has 0 unspecified atom stereocenters. The van der Waals surface area contributed by atoms with Gasteiger partial charge < -0.3 is 4.98 Å². The van der Waals surface area contributed by atoms with Crippen molar-refractivity contribution in [2.24, 2.45) is 0 Å². The molecule has 3 aromatic rings. The third-order valence-corrected chi connectivity index (χ3v) is 4.48. The summed E-state index contributed by atoms with van der Waals surface area (Å²) in [6.45, 7) is 0. The van der Waals surface area contributed by atoms with E-state index in [1.54, 1.807) is 17.4 Å². The molecule has 1 N–H and O–H groups in total. The van der Waals surface area contributed by atoms with Crippen molar-refractivity contribution in [3.63, 3.8) is 0 Å². The highest BCUT2D eigenvalue weighted by Gasteiger charge is 2.09. The maximum absolute atomic E-state index is 13.4. The molecule has 0 aliphatic heterocycles. The molecule has 2 heterocycles. The van der Waals surface area contributed by atoms with Crippen LogP contribution in [0.3, 0.4) is 0 Å². The van der Waals surface area contributed by atoms with Crippen LogP contribution in [0.2, 0.25) is 0 Å². The number of rotatable bonds is 1. The third kappa shape index (κ3) is 2.05. The molecule has 3 rings (SSSR count). The molecule has 1 aromatic carbocycles. The Bertz CT molecular complexity index is 666. The largest absolute Gasteiger partial charge is 0.338 e. The van der Waals surface area contributed by atoms with Gasteiger partial charge in [0.2, 0.25) is 0 Å². The third-order valence-electron chi connectivity index (χ3n) is 2.36. The fourth-order valence-electron chi connectivity index (χ4n) is 1.58. The van der Waals surface area contributed by atoms with E-state index < -0.39 is 0 Å². The molecule has 0 aliphatic rings. The summed E-state index contributed by atoms with van der Waals surface area (Å²) in [5.41, 5.74) is 2.44. The van der Waals surface area contributed by atoms with Gasteiger partial charge in [-0.3, -0.25) is 0 Å². The molecule has 0 spiro atoms. The van der Waals surface area contributed by atoms with Gasteiger partial charge in [-0.05, 0) is 44.0 Å². The van der Waals surface area contributed by atoms with E-state index in [2.05, 4.69) is 41.8 Å². The van der Waals surface area contributed by atoms with Crippen LogP contribution in [0, 0.1) is 5.82 Å². The number of hydrogen-bond acceptors (Lipinski definition) is 2. The minimum absolute atomic E-state index is 0.292. The molecule has 0 saturated heterocycles. The Hall–Kier alpha value is -0.720. The van der Waals surface area contributed by atoms with Crippen LogP contribution in [-0.4, -0.2) is 9.97 Å². The summed E-state index contributed by atoms with van der Waals surface area (Å²) in [7, 11) is 0. The number of nitrogens with one attached hydrogen (secondary N) is 1. The molecule has 0 amide bonds. The molecule has 0 fully saturated rings. The van der Waals surface area contributed by atoms with Gasteiger partial charge in [0.15, 0.2) is 0 Å². The second-order valence-corrected chi connectivity index (χ2v) is 6.65. The van der Waals surface area contributed by atoms with Gasteiger partial charge in [-0.25, -0.2) is 9.37 Å². The molecule has 0 radical (unpaired) electrons. The summed E-state index contributed by atoms with van der Waals surface area (Å²) < 4.78 is 14.8. The molecule has 0 atom stereocenters. The molecule has 17 heavy (non-hydrogen) atoms. The van der Waals surface area contributed by atoms with E-state index in [-0.39, 0.29) is 5.82 Å². The van der Waals surface area contributed by atoms with Gasteiger partial charge in [0.1, 0.15) is 11.6 Å². The fraction of sp³-hybridized carbons (Fsp3) is 0. The molecular weight excluding hydrogens is 371 g/mol. The van der Waals surface area contributed by atoms with E-state index in [0.717, 1.165) is 20.7 Å². The van der Waals surface area contributed by atoms with Gasteiger partial charge in [0, 0.05) is 17.0 Å². The topological polar surface area (TPSA) is 28.7 Å². The molecule has 2 aromatic heterocycles. The number of benzene rings is 1. The number of imidazole rings is 1. The fourth-order valence-corrected chi connectivity index (χ4v) is 3.05. The lowest BCUT2D eigenvalue weighted by Gasteiger charge is -1.92. The molecule has 86 valence electrons. The number of fused-ring (bicyclic) bond motifs is 1. The molecule has 0 bridgehead atoms. The Morgan fingerprint density at radius 1 is 1.24 bits per heavy atom. The van der Waals surface area contributed by atoms with Crippen molar-refractivity contribution in [3.8, 4) is 11.4 Å². The van der Waals surface area contributed by atoms with Gasteiger partial charge in [-0.15, -0.1) is 11.3 Å². The number of aromatic nitrogens is 2. The summed E-state index contributed by atoms with van der Waals surface area (Å²) in [4.78, 5) is 7.54. The molecule has 0 aliphatic carbocycles. The Morgan fingerprint density at radius 2 is 2.06 bits per heavy atom. The molecule has 6 heteroatoms. The van der Waals surface area contributed by atoms with Gasteiger partial charge in [-0.2, -0.15) is 0 Å². The molecule has 0 saturated carbocycles. The van der Waals surface area contributed by atoms with Gasteiger partial charge in [-0.1, -0.05) is 0 Å². The van der Waals surface area contributed by atoms with Crippen molar-refractivity contribution < 1.29 is 4.39 Å². The average molecular weight is 376 g/mol. The number of H-pyrrole nitrogens is 1. The number of hydrogen-bond donors (Lipinski definition) is 1. The van der Waals surface area contributed by atoms with Crippen LogP contribution in [-0.2, 0) is 0 Å². The molecule has 2 nitrogen and oxygen atoms in total. The first-order valence-electron chi connectivity index (χ1n) is 4.72. The zero-order chi connectivity index (χ0) is 12.0. The number of thiophene rings is 1. The summed E-state index contributed by atoms with van der Waals surface area (Å²) in [5, 5.41) is 1.99. The van der Waals surface area contributed by atoms with Crippen LogP contribution in [0.4, 0.5) is 4.39 Å². The predicted octanol–water partition coefficient (Wildman–Crippen LogP) is 4.96. The SMILES string of the molecule is Fc1cc2[nH]c(-c3csc(Br)c3)nc2cc1Br. The van der Waals surface area contributed by atoms with Crippen LogP contribution in [0.1, 0.15) is 0 Å². The van der Waals surface area contributed by atoms with E-state index in [9.17, 15) is 4.39 Å². The van der Waals surface area contributed by atoms with E-state index in [1.807, 2.05) is 11.4 Å². The van der Waals surface area contributed by atoms with Crippen LogP contribution in [0.15, 0.2) is 31.8 Å². The molecular formula is C11H5Br2FN2S. The number of aromatic amines is 1. The average Bonchev–Trinajstić information content (AvgIpc) is 2.85. The summed E-state index contributed by atoms with van der Waals surface area (Å²) in [5.74, 6) is 0.457. The number of nitrogens with zero attached hydrogens (tertiary/aromatic N) is 1. The summed E-state index contributed by atoms with van der Waals surface area (Å²) >= 11 is 8.15. The van der Waals surface area contributed by atoms with Crippen molar-refractivity contribution in [2.45, 2.75) is 0 Å². The summed E-state index contributed by atoms with van der Waals surface area (Å²) in [6, 6.07) is 5.09. The Labute approximate surface area is 117 Å². The van der Waals surface area contributed by atoms with Crippen LogP contribution in [0.25, 0.3) is 22.4 Å². The number of halogens is 3. The normalized spacial score (nSPS) is 11.2. The zero-order valence-electron chi connectivity index (χ0n) is 8.30. The van der Waals surface area contributed by atoms with E-state index in [1.165, 1.54) is 6.07 Å². The highest BCUT2D eigenvalue weighted by Crippen LogP contribution is 2.29. The monoisotopic (exact) mass is 374 g/mol. The minimum Gasteiger partial charge on any atom is -0.338 e. The van der Waals surface area contributed by atoms with Gasteiger partial charge in [0.25, 0.3) is 0 Å². The van der Waals surface area contributed by atoms with Gasteiger partial charge in [0.05, 0.1) is 19.3 Å². The second kappa shape index (κ2) is 4.19. The smallest absolute Gasteiger partial charge is 0.139 e. The van der Waals surface area contributed by atoms with Crippen molar-refractivity contribution in [1.82, 2.24) is 9.97 Å². The first-order valence-corrected chi connectivity index (χ1v) is 7.19. The Morgan fingerprint density at radius 3 is 2.76 bits per heavy atom. The van der Waals surface area contributed by atoms with E-state index >= 15 is 0 Å². The first-order chi connectivity index (χ1) is 8.13. The van der Waals surface area contributed by atoms with Gasteiger partial charge >= 0.3 is 0 Å². The van der Waals surface area contributed by atoms with Crippen LogP contribution < -0.4 is 0 Å². The maximum Gasteiger partial charge on any atom is 0.139 e. The predicted molar refractivity (Wildman–Crippen MR) is 74.8 cm³/mol.